The number of benzene rings is 1. The normalized spacial score (nSPS) is 15.4. The van der Waals surface area contributed by atoms with E-state index in [9.17, 15) is 4.79 Å². The minimum absolute atomic E-state index is 0.0275. The number of nitrogens with zero attached hydrogens (tertiary/aromatic N) is 2. The lowest BCUT2D eigenvalue weighted by atomic mass is 9.96. The number of amides is 1. The number of pyridine rings is 1. The van der Waals surface area contributed by atoms with Crippen LogP contribution in [0.3, 0.4) is 0 Å². The minimum atomic E-state index is 0.0275. The summed E-state index contributed by atoms with van der Waals surface area (Å²) in [5.41, 5.74) is 3.10. The molecule has 1 aromatic heterocycles. The Kier molecular flexibility index (Phi) is 4.91. The van der Waals surface area contributed by atoms with Crippen molar-refractivity contribution in [3.8, 4) is 0 Å². The molecule has 1 amide bonds. The van der Waals surface area contributed by atoms with Crippen LogP contribution in [-0.4, -0.2) is 30.5 Å². The monoisotopic (exact) mass is 309 g/mol. The molecule has 120 valence electrons. The highest BCUT2D eigenvalue weighted by Crippen LogP contribution is 2.22. The van der Waals surface area contributed by atoms with Gasteiger partial charge in [0.2, 0.25) is 0 Å². The van der Waals surface area contributed by atoms with Gasteiger partial charge in [-0.15, -0.1) is 0 Å². The van der Waals surface area contributed by atoms with Crippen molar-refractivity contribution >= 4 is 11.6 Å². The zero-order valence-electron chi connectivity index (χ0n) is 13.5. The molecular formula is C19H23N3O. The molecule has 2 aromatic rings. The average Bonchev–Trinajstić information content (AvgIpc) is 2.61. The van der Waals surface area contributed by atoms with Crippen LogP contribution in [0.1, 0.15) is 28.8 Å². The maximum Gasteiger partial charge on any atom is 0.251 e. The van der Waals surface area contributed by atoms with Gasteiger partial charge in [-0.2, -0.15) is 0 Å². The van der Waals surface area contributed by atoms with Gasteiger partial charge in [-0.1, -0.05) is 17.7 Å². The number of anilines is 1. The molecule has 0 saturated carbocycles. The van der Waals surface area contributed by atoms with Crippen molar-refractivity contribution in [1.82, 2.24) is 10.3 Å². The Morgan fingerprint density at radius 1 is 1.22 bits per heavy atom. The molecule has 0 bridgehead atoms. The smallest absolute Gasteiger partial charge is 0.251 e. The Morgan fingerprint density at radius 2 is 1.96 bits per heavy atom. The number of hydrogen-bond acceptors (Lipinski definition) is 3. The van der Waals surface area contributed by atoms with E-state index in [1.54, 1.807) is 6.20 Å². The fourth-order valence-corrected chi connectivity index (χ4v) is 2.98. The number of hydrogen-bond donors (Lipinski definition) is 1. The zero-order chi connectivity index (χ0) is 16.1. The summed E-state index contributed by atoms with van der Waals surface area (Å²) in [7, 11) is 0. The molecule has 4 heteroatoms. The number of carbonyl (C=O) groups excluding carboxylic acids is 1. The molecule has 0 radical (unpaired) electrons. The van der Waals surface area contributed by atoms with Gasteiger partial charge in [-0.05, 0) is 49.9 Å². The predicted octanol–water partition coefficient (Wildman–Crippen LogP) is 3.04. The van der Waals surface area contributed by atoms with Crippen LogP contribution in [0, 0.1) is 12.8 Å². The van der Waals surface area contributed by atoms with Gasteiger partial charge in [-0.3, -0.25) is 9.78 Å². The molecule has 1 aromatic carbocycles. The molecule has 0 unspecified atom stereocenters. The molecule has 1 fully saturated rings. The van der Waals surface area contributed by atoms with E-state index in [-0.39, 0.29) is 5.91 Å². The van der Waals surface area contributed by atoms with Crippen molar-refractivity contribution in [2.75, 3.05) is 24.5 Å². The first-order valence-electron chi connectivity index (χ1n) is 8.22. The summed E-state index contributed by atoms with van der Waals surface area (Å²) in [5, 5.41) is 3.07. The SMILES string of the molecule is Cc1ccc(C(=O)NCC2CCN(c3cccnc3)CC2)cc1. The Balaban J connectivity index is 1.46. The number of carbonyl (C=O) groups is 1. The predicted molar refractivity (Wildman–Crippen MR) is 92.7 cm³/mol. The molecule has 0 atom stereocenters. The lowest BCUT2D eigenvalue weighted by molar-refractivity contribution is 0.0945. The quantitative estimate of drug-likeness (QED) is 0.944. The number of aryl methyl sites for hydroxylation is 1. The first-order valence-corrected chi connectivity index (χ1v) is 8.22. The largest absolute Gasteiger partial charge is 0.370 e. The number of nitrogens with one attached hydrogen (secondary N) is 1. The third-order valence-corrected chi connectivity index (χ3v) is 4.49. The van der Waals surface area contributed by atoms with Crippen molar-refractivity contribution in [2.45, 2.75) is 19.8 Å². The number of aromatic nitrogens is 1. The summed E-state index contributed by atoms with van der Waals surface area (Å²) in [4.78, 5) is 18.7. The zero-order valence-corrected chi connectivity index (χ0v) is 13.5. The summed E-state index contributed by atoms with van der Waals surface area (Å²) in [6.07, 6.45) is 5.92. The van der Waals surface area contributed by atoms with Crippen LogP contribution in [0.15, 0.2) is 48.8 Å². The van der Waals surface area contributed by atoms with E-state index in [1.165, 1.54) is 11.3 Å². The highest BCUT2D eigenvalue weighted by atomic mass is 16.1. The molecule has 2 heterocycles. The van der Waals surface area contributed by atoms with Gasteiger partial charge in [0, 0.05) is 31.4 Å². The molecule has 1 aliphatic rings. The van der Waals surface area contributed by atoms with Crippen LogP contribution >= 0.6 is 0 Å². The topological polar surface area (TPSA) is 45.2 Å². The molecular weight excluding hydrogens is 286 g/mol. The van der Waals surface area contributed by atoms with Gasteiger partial charge < -0.3 is 10.2 Å². The second kappa shape index (κ2) is 7.27. The molecule has 1 saturated heterocycles. The lowest BCUT2D eigenvalue weighted by Crippen LogP contribution is -2.38. The van der Waals surface area contributed by atoms with E-state index in [0.29, 0.717) is 5.92 Å². The Morgan fingerprint density at radius 3 is 2.61 bits per heavy atom. The van der Waals surface area contributed by atoms with E-state index in [1.807, 2.05) is 43.5 Å². The van der Waals surface area contributed by atoms with Crippen molar-refractivity contribution < 1.29 is 4.79 Å². The van der Waals surface area contributed by atoms with E-state index in [0.717, 1.165) is 38.0 Å². The third-order valence-electron chi connectivity index (χ3n) is 4.49. The Hall–Kier alpha value is -2.36. The van der Waals surface area contributed by atoms with E-state index >= 15 is 0 Å². The van der Waals surface area contributed by atoms with E-state index in [4.69, 9.17) is 0 Å². The summed E-state index contributed by atoms with van der Waals surface area (Å²) < 4.78 is 0. The maximum absolute atomic E-state index is 12.2. The van der Waals surface area contributed by atoms with Crippen molar-refractivity contribution in [3.63, 3.8) is 0 Å². The molecule has 0 spiro atoms. The van der Waals surface area contributed by atoms with Gasteiger partial charge in [0.15, 0.2) is 0 Å². The van der Waals surface area contributed by atoms with E-state index in [2.05, 4.69) is 21.3 Å². The van der Waals surface area contributed by atoms with Crippen molar-refractivity contribution in [2.24, 2.45) is 5.92 Å². The Bertz CT molecular complexity index is 631. The van der Waals surface area contributed by atoms with Crippen molar-refractivity contribution in [3.05, 3.63) is 59.9 Å². The molecule has 4 nitrogen and oxygen atoms in total. The average molecular weight is 309 g/mol. The summed E-state index contributed by atoms with van der Waals surface area (Å²) in [6, 6.07) is 11.8. The van der Waals surface area contributed by atoms with Crippen LogP contribution < -0.4 is 10.2 Å². The lowest BCUT2D eigenvalue weighted by Gasteiger charge is -2.33. The first-order chi connectivity index (χ1) is 11.2. The standard InChI is InChI=1S/C19H23N3O/c1-15-4-6-17(7-5-15)19(23)21-13-16-8-11-22(12-9-16)18-3-2-10-20-14-18/h2-7,10,14,16H,8-9,11-13H2,1H3,(H,21,23). The van der Waals surface area contributed by atoms with Gasteiger partial charge >= 0.3 is 0 Å². The van der Waals surface area contributed by atoms with Gasteiger partial charge in [0.25, 0.3) is 5.91 Å². The van der Waals surface area contributed by atoms with Crippen LogP contribution in [-0.2, 0) is 0 Å². The van der Waals surface area contributed by atoms with Crippen LogP contribution in [0.5, 0.6) is 0 Å². The van der Waals surface area contributed by atoms with Gasteiger partial charge in [0.05, 0.1) is 11.9 Å². The number of piperidine rings is 1. The summed E-state index contributed by atoms with van der Waals surface area (Å²) in [5.74, 6) is 0.581. The van der Waals surface area contributed by atoms with Crippen LogP contribution in [0.25, 0.3) is 0 Å². The Labute approximate surface area is 137 Å². The third kappa shape index (κ3) is 4.09. The summed E-state index contributed by atoms with van der Waals surface area (Å²) >= 11 is 0. The second-order valence-electron chi connectivity index (χ2n) is 6.22. The molecule has 0 aliphatic carbocycles. The fourth-order valence-electron chi connectivity index (χ4n) is 2.98. The highest BCUT2D eigenvalue weighted by molar-refractivity contribution is 5.94. The van der Waals surface area contributed by atoms with Gasteiger partial charge in [0.1, 0.15) is 0 Å². The molecule has 1 N–H and O–H groups in total. The minimum Gasteiger partial charge on any atom is -0.370 e. The molecule has 3 rings (SSSR count). The molecule has 1 aliphatic heterocycles. The van der Waals surface area contributed by atoms with Gasteiger partial charge in [-0.25, -0.2) is 0 Å². The van der Waals surface area contributed by atoms with Crippen LogP contribution in [0.2, 0.25) is 0 Å². The van der Waals surface area contributed by atoms with Crippen LogP contribution in [0.4, 0.5) is 5.69 Å². The summed E-state index contributed by atoms with van der Waals surface area (Å²) in [6.45, 7) is 4.83. The highest BCUT2D eigenvalue weighted by Gasteiger charge is 2.20. The fraction of sp³-hybridized carbons (Fsp3) is 0.368. The number of rotatable bonds is 4. The maximum atomic E-state index is 12.2. The molecule has 23 heavy (non-hydrogen) atoms. The van der Waals surface area contributed by atoms with E-state index < -0.39 is 0 Å². The second-order valence-corrected chi connectivity index (χ2v) is 6.22. The van der Waals surface area contributed by atoms with Crippen molar-refractivity contribution in [1.29, 1.82) is 0 Å². The first kappa shape index (κ1) is 15.5.